The van der Waals surface area contributed by atoms with Crippen LogP contribution in [0.15, 0.2) is 82.7 Å². The molecule has 5 rings (SSSR count). The van der Waals surface area contributed by atoms with E-state index in [1.165, 1.54) is 42.1 Å². The minimum atomic E-state index is -1.22. The largest absolute Gasteiger partial charge is 0.507 e. The van der Waals surface area contributed by atoms with Crippen molar-refractivity contribution in [3.05, 3.63) is 111 Å². The topological polar surface area (TPSA) is 136 Å². The number of halogens is 1. The molecule has 43 heavy (non-hydrogen) atoms. The first-order valence-electron chi connectivity index (χ1n) is 13.3. The summed E-state index contributed by atoms with van der Waals surface area (Å²) in [4.78, 5) is 39.0. The van der Waals surface area contributed by atoms with Crippen LogP contribution >= 0.6 is 23.1 Å². The molecule has 3 aromatic carbocycles. The molecular formula is C30H25FN4O6S2. The number of benzene rings is 3. The SMILES string of the molecule is CCCCOc1ccc(C(O)=C2C(=O)C(=O)N(c3nnc(SCc4ccccc4F)s3)[C@H]2c2cccc([N+](=O)[O-])c2)cc1. The van der Waals surface area contributed by atoms with Crippen LogP contribution in [0.25, 0.3) is 5.76 Å². The molecule has 2 heterocycles. The van der Waals surface area contributed by atoms with Crippen LogP contribution in [0.5, 0.6) is 5.75 Å². The maximum Gasteiger partial charge on any atom is 0.301 e. The van der Waals surface area contributed by atoms with Crippen LogP contribution in [0.2, 0.25) is 0 Å². The van der Waals surface area contributed by atoms with Gasteiger partial charge in [0.15, 0.2) is 4.34 Å². The number of hydrogen-bond donors (Lipinski definition) is 1. The van der Waals surface area contributed by atoms with Crippen molar-refractivity contribution in [1.29, 1.82) is 0 Å². The highest BCUT2D eigenvalue weighted by molar-refractivity contribution is 8.00. The number of nitro groups is 1. The Balaban J connectivity index is 1.53. The fourth-order valence-electron chi connectivity index (χ4n) is 4.47. The molecule has 0 spiro atoms. The molecule has 0 saturated carbocycles. The highest BCUT2D eigenvalue weighted by Gasteiger charge is 2.48. The van der Waals surface area contributed by atoms with Gasteiger partial charge in [-0.25, -0.2) is 4.39 Å². The van der Waals surface area contributed by atoms with Gasteiger partial charge in [-0.05, 0) is 47.9 Å². The average Bonchev–Trinajstić information content (AvgIpc) is 3.58. The fraction of sp³-hybridized carbons (Fsp3) is 0.200. The molecule has 10 nitrogen and oxygen atoms in total. The minimum absolute atomic E-state index is 0.0494. The highest BCUT2D eigenvalue weighted by Crippen LogP contribution is 2.44. The molecule has 13 heteroatoms. The maximum atomic E-state index is 14.1. The smallest absolute Gasteiger partial charge is 0.301 e. The van der Waals surface area contributed by atoms with Gasteiger partial charge in [-0.1, -0.05) is 66.8 Å². The van der Waals surface area contributed by atoms with Gasteiger partial charge in [0.2, 0.25) is 5.13 Å². The van der Waals surface area contributed by atoms with Crippen molar-refractivity contribution in [2.75, 3.05) is 11.5 Å². The molecule has 1 aromatic heterocycles. The Kier molecular flexibility index (Phi) is 9.12. The molecule has 0 aliphatic carbocycles. The predicted molar refractivity (Wildman–Crippen MR) is 161 cm³/mol. The number of hydrogen-bond acceptors (Lipinski definition) is 10. The van der Waals surface area contributed by atoms with Crippen molar-refractivity contribution in [2.24, 2.45) is 0 Å². The number of aliphatic hydroxyl groups excluding tert-OH is 1. The summed E-state index contributed by atoms with van der Waals surface area (Å²) < 4.78 is 20.2. The number of nitro benzene ring substituents is 1. The lowest BCUT2D eigenvalue weighted by Gasteiger charge is -2.22. The number of aromatic nitrogens is 2. The van der Waals surface area contributed by atoms with Crippen molar-refractivity contribution in [2.45, 2.75) is 35.9 Å². The molecule has 0 radical (unpaired) electrons. The van der Waals surface area contributed by atoms with E-state index in [9.17, 15) is 29.2 Å². The Hall–Kier alpha value is -4.62. The van der Waals surface area contributed by atoms with E-state index < -0.39 is 28.4 Å². The second-order valence-electron chi connectivity index (χ2n) is 9.48. The summed E-state index contributed by atoms with van der Waals surface area (Å²) in [6.45, 7) is 2.58. The second kappa shape index (κ2) is 13.1. The Morgan fingerprint density at radius 2 is 1.88 bits per heavy atom. The van der Waals surface area contributed by atoms with Crippen LogP contribution in [0.1, 0.15) is 42.5 Å². The summed E-state index contributed by atoms with van der Waals surface area (Å²) in [5.41, 5.74) is 0.443. The first kappa shape index (κ1) is 29.9. The van der Waals surface area contributed by atoms with Gasteiger partial charge in [0.05, 0.1) is 23.1 Å². The summed E-state index contributed by atoms with van der Waals surface area (Å²) in [6, 6.07) is 17.0. The first-order valence-corrected chi connectivity index (χ1v) is 15.1. The Labute approximate surface area is 254 Å². The molecular weight excluding hydrogens is 595 g/mol. The Bertz CT molecular complexity index is 1710. The summed E-state index contributed by atoms with van der Waals surface area (Å²) in [5.74, 6) is -1.93. The molecule has 220 valence electrons. The zero-order chi connectivity index (χ0) is 30.5. The van der Waals surface area contributed by atoms with Crippen molar-refractivity contribution >= 4 is 51.4 Å². The van der Waals surface area contributed by atoms with E-state index in [4.69, 9.17) is 4.74 Å². The van der Waals surface area contributed by atoms with Crippen LogP contribution in [0, 0.1) is 15.9 Å². The van der Waals surface area contributed by atoms with Gasteiger partial charge in [0, 0.05) is 23.4 Å². The number of Topliss-reactive ketones (excluding diaryl/α,β-unsaturated/α-hetero) is 1. The number of anilines is 1. The van der Waals surface area contributed by atoms with E-state index in [-0.39, 0.29) is 39.1 Å². The zero-order valence-corrected chi connectivity index (χ0v) is 24.4. The number of thioether (sulfide) groups is 1. The van der Waals surface area contributed by atoms with Crippen LogP contribution in [-0.2, 0) is 15.3 Å². The number of carbonyl (C=O) groups is 2. The van der Waals surface area contributed by atoms with E-state index in [0.29, 0.717) is 22.3 Å². The predicted octanol–water partition coefficient (Wildman–Crippen LogP) is 6.68. The quantitative estimate of drug-likeness (QED) is 0.0284. The molecule has 1 amide bonds. The van der Waals surface area contributed by atoms with Gasteiger partial charge in [-0.2, -0.15) is 0 Å². The van der Waals surface area contributed by atoms with E-state index in [1.807, 2.05) is 6.92 Å². The monoisotopic (exact) mass is 620 g/mol. The number of non-ortho nitro benzene ring substituents is 1. The Morgan fingerprint density at radius 1 is 1.12 bits per heavy atom. The van der Waals surface area contributed by atoms with Gasteiger partial charge in [0.1, 0.15) is 17.3 Å². The van der Waals surface area contributed by atoms with E-state index in [2.05, 4.69) is 10.2 Å². The zero-order valence-electron chi connectivity index (χ0n) is 22.8. The average molecular weight is 621 g/mol. The van der Waals surface area contributed by atoms with Crippen molar-refractivity contribution < 1.29 is 28.7 Å². The minimum Gasteiger partial charge on any atom is -0.507 e. The van der Waals surface area contributed by atoms with Gasteiger partial charge in [-0.15, -0.1) is 10.2 Å². The summed E-state index contributed by atoms with van der Waals surface area (Å²) in [5, 5.41) is 31.2. The second-order valence-corrected chi connectivity index (χ2v) is 11.7. The summed E-state index contributed by atoms with van der Waals surface area (Å²) >= 11 is 2.21. The highest BCUT2D eigenvalue weighted by atomic mass is 32.2. The third kappa shape index (κ3) is 6.42. The van der Waals surface area contributed by atoms with Crippen LogP contribution in [0.4, 0.5) is 15.2 Å². The first-order chi connectivity index (χ1) is 20.8. The third-order valence-electron chi connectivity index (χ3n) is 6.65. The molecule has 1 fully saturated rings. The summed E-state index contributed by atoms with van der Waals surface area (Å²) in [7, 11) is 0. The lowest BCUT2D eigenvalue weighted by atomic mass is 9.95. The molecule has 4 aromatic rings. The molecule has 1 aliphatic heterocycles. The molecule has 1 saturated heterocycles. The number of unbranched alkanes of at least 4 members (excludes halogenated alkanes) is 1. The van der Waals surface area contributed by atoms with Crippen molar-refractivity contribution in [1.82, 2.24) is 10.2 Å². The van der Waals surface area contributed by atoms with Crippen molar-refractivity contribution in [3.63, 3.8) is 0 Å². The lowest BCUT2D eigenvalue weighted by Crippen LogP contribution is -2.29. The van der Waals surface area contributed by atoms with Gasteiger partial charge >= 0.3 is 5.91 Å². The van der Waals surface area contributed by atoms with Crippen LogP contribution in [-0.4, -0.2) is 38.5 Å². The number of ether oxygens (including phenoxy) is 1. The maximum absolute atomic E-state index is 14.1. The number of nitrogens with zero attached hydrogens (tertiary/aromatic N) is 4. The molecule has 0 bridgehead atoms. The Morgan fingerprint density at radius 3 is 2.60 bits per heavy atom. The number of carbonyl (C=O) groups excluding carboxylic acids is 2. The van der Waals surface area contributed by atoms with E-state index in [1.54, 1.807) is 42.5 Å². The normalized spacial score (nSPS) is 16.0. The van der Waals surface area contributed by atoms with Crippen LogP contribution < -0.4 is 9.64 Å². The number of rotatable bonds is 11. The number of ketones is 1. The van der Waals surface area contributed by atoms with Crippen molar-refractivity contribution in [3.8, 4) is 5.75 Å². The molecule has 0 unspecified atom stereocenters. The number of amides is 1. The molecule has 1 N–H and O–H groups in total. The molecule has 1 aliphatic rings. The molecule has 1 atom stereocenters. The van der Waals surface area contributed by atoms with Gasteiger partial charge in [0.25, 0.3) is 11.5 Å². The van der Waals surface area contributed by atoms with E-state index in [0.717, 1.165) is 29.1 Å². The lowest BCUT2D eigenvalue weighted by molar-refractivity contribution is -0.384. The standard InChI is InChI=1S/C30H25FN4O6S2/c1-2-3-15-41-22-13-11-18(12-14-22)26(36)24-25(19-8-6-9-21(16-19)35(39)40)34(28(38)27(24)37)29-32-33-30(43-29)42-17-20-7-4-5-10-23(20)31/h4-14,16,25,36H,2-3,15,17H2,1H3/t25-/m0/s1. The van der Waals surface area contributed by atoms with Crippen LogP contribution in [0.3, 0.4) is 0 Å². The van der Waals surface area contributed by atoms with Gasteiger partial charge < -0.3 is 9.84 Å². The van der Waals surface area contributed by atoms with Gasteiger partial charge in [-0.3, -0.25) is 24.6 Å². The van der Waals surface area contributed by atoms with E-state index >= 15 is 0 Å². The third-order valence-corrected chi connectivity index (χ3v) is 8.75. The summed E-state index contributed by atoms with van der Waals surface area (Å²) in [6.07, 6.45) is 1.85. The number of aliphatic hydroxyl groups is 1. The fourth-order valence-corrected chi connectivity index (χ4v) is 6.32.